The molecule has 0 amide bonds. The Hall–Kier alpha value is -0.600. The average Bonchev–Trinajstić information content (AvgIpc) is 2.63. The number of rotatable bonds is 0. The van der Waals surface area contributed by atoms with Crippen molar-refractivity contribution >= 4 is 68.3 Å². The molecule has 0 aliphatic heterocycles. The van der Waals surface area contributed by atoms with Crippen molar-refractivity contribution in [2.24, 2.45) is 0 Å². The lowest BCUT2D eigenvalue weighted by Gasteiger charge is -1.99. The highest BCUT2D eigenvalue weighted by atomic mass is 35.5. The van der Waals surface area contributed by atoms with E-state index in [1.54, 1.807) is 18.2 Å². The molecule has 3 aromatic rings. The van der Waals surface area contributed by atoms with Crippen LogP contribution in [-0.2, 0) is 0 Å². The largest absolute Gasteiger partial charge is 0.456 e. The van der Waals surface area contributed by atoms with Gasteiger partial charge in [0.2, 0.25) is 0 Å². The zero-order valence-electron chi connectivity index (χ0n) is 8.23. The summed E-state index contributed by atoms with van der Waals surface area (Å²) in [4.78, 5) is 0. The van der Waals surface area contributed by atoms with Crippen LogP contribution in [0.3, 0.4) is 0 Å². The summed E-state index contributed by atoms with van der Waals surface area (Å²) in [6, 6.07) is 7.01. The van der Waals surface area contributed by atoms with E-state index < -0.39 is 0 Å². The average molecular weight is 306 g/mol. The van der Waals surface area contributed by atoms with Gasteiger partial charge >= 0.3 is 0 Å². The minimum Gasteiger partial charge on any atom is -0.456 e. The maximum absolute atomic E-state index is 6.18. The van der Waals surface area contributed by atoms with Crippen molar-refractivity contribution in [1.82, 2.24) is 0 Å². The molecule has 3 rings (SSSR count). The molecule has 0 unspecified atom stereocenters. The topological polar surface area (TPSA) is 13.1 Å². The first-order valence-corrected chi connectivity index (χ1v) is 6.24. The Morgan fingerprint density at radius 1 is 0.824 bits per heavy atom. The Morgan fingerprint density at radius 2 is 1.59 bits per heavy atom. The van der Waals surface area contributed by atoms with Crippen LogP contribution in [0.5, 0.6) is 0 Å². The molecule has 1 heterocycles. The molecular weight excluding hydrogens is 302 g/mol. The maximum atomic E-state index is 6.18. The van der Waals surface area contributed by atoms with Crippen molar-refractivity contribution in [3.63, 3.8) is 0 Å². The molecule has 0 saturated heterocycles. The van der Waals surface area contributed by atoms with Gasteiger partial charge in [-0.05, 0) is 12.1 Å². The summed E-state index contributed by atoms with van der Waals surface area (Å²) in [6.45, 7) is 0. The molecule has 0 radical (unpaired) electrons. The van der Waals surface area contributed by atoms with Gasteiger partial charge in [-0.2, -0.15) is 0 Å². The van der Waals surface area contributed by atoms with Crippen molar-refractivity contribution in [3.05, 3.63) is 44.4 Å². The minimum atomic E-state index is 0.332. The highest BCUT2D eigenvalue weighted by Gasteiger charge is 2.15. The lowest BCUT2D eigenvalue weighted by molar-refractivity contribution is 0.669. The molecule has 0 aliphatic carbocycles. The first-order chi connectivity index (χ1) is 8.08. The van der Waals surface area contributed by atoms with Crippen LogP contribution >= 0.6 is 46.4 Å². The summed E-state index contributed by atoms with van der Waals surface area (Å²) in [6.07, 6.45) is 0. The summed E-state index contributed by atoms with van der Waals surface area (Å²) in [5, 5.41) is 3.33. The molecule has 1 aromatic heterocycles. The fraction of sp³-hybridized carbons (Fsp3) is 0. The molecule has 0 atom stereocenters. The summed E-state index contributed by atoms with van der Waals surface area (Å²) in [7, 11) is 0. The Labute approximate surface area is 117 Å². The van der Waals surface area contributed by atoms with E-state index in [-0.39, 0.29) is 0 Å². The van der Waals surface area contributed by atoms with E-state index >= 15 is 0 Å². The van der Waals surface area contributed by atoms with Crippen molar-refractivity contribution in [3.8, 4) is 0 Å². The van der Waals surface area contributed by atoms with Crippen LogP contribution in [0, 0.1) is 0 Å². The van der Waals surface area contributed by atoms with Gasteiger partial charge in [0.05, 0.1) is 15.1 Å². The Kier molecular flexibility index (Phi) is 2.68. The van der Waals surface area contributed by atoms with Gasteiger partial charge in [0.15, 0.2) is 0 Å². The third-order valence-electron chi connectivity index (χ3n) is 2.56. The second-order valence-electron chi connectivity index (χ2n) is 3.60. The lowest BCUT2D eigenvalue weighted by atomic mass is 10.1. The van der Waals surface area contributed by atoms with E-state index in [9.17, 15) is 0 Å². The van der Waals surface area contributed by atoms with Gasteiger partial charge in [-0.1, -0.05) is 46.4 Å². The molecule has 0 bridgehead atoms. The van der Waals surface area contributed by atoms with Crippen LogP contribution in [0.25, 0.3) is 21.9 Å². The summed E-state index contributed by atoms with van der Waals surface area (Å²) in [5.41, 5.74) is 1.26. The first-order valence-electron chi connectivity index (χ1n) is 4.73. The van der Waals surface area contributed by atoms with E-state index in [0.29, 0.717) is 31.3 Å². The van der Waals surface area contributed by atoms with Gasteiger partial charge in [0.1, 0.15) is 11.2 Å². The third-order valence-corrected chi connectivity index (χ3v) is 4.06. The van der Waals surface area contributed by atoms with Gasteiger partial charge in [-0.15, -0.1) is 0 Å². The van der Waals surface area contributed by atoms with Crippen molar-refractivity contribution in [2.75, 3.05) is 0 Å². The fourth-order valence-electron chi connectivity index (χ4n) is 1.81. The van der Waals surface area contributed by atoms with E-state index in [1.807, 2.05) is 6.07 Å². The van der Waals surface area contributed by atoms with Crippen molar-refractivity contribution in [2.45, 2.75) is 0 Å². The zero-order chi connectivity index (χ0) is 12.2. The number of hydrogen-bond donors (Lipinski definition) is 0. The summed E-state index contributed by atoms with van der Waals surface area (Å²) < 4.78 is 5.64. The van der Waals surface area contributed by atoms with E-state index in [0.717, 1.165) is 10.8 Å². The Bertz CT molecular complexity index is 745. The normalized spacial score (nSPS) is 11.5. The molecule has 1 nitrogen and oxygen atoms in total. The third kappa shape index (κ3) is 1.69. The smallest absolute Gasteiger partial charge is 0.138 e. The quantitative estimate of drug-likeness (QED) is 0.451. The molecule has 0 fully saturated rings. The summed E-state index contributed by atoms with van der Waals surface area (Å²) >= 11 is 24.0. The highest BCUT2D eigenvalue weighted by molar-refractivity contribution is 6.51. The standard InChI is InChI=1S/C12H4Cl4O/c13-5-1-2-6-8(3-5)17-9-4-7(14)11(15)12(16)10(6)9/h1-4H. The molecule has 0 aliphatic rings. The van der Waals surface area contributed by atoms with E-state index in [4.69, 9.17) is 50.8 Å². The van der Waals surface area contributed by atoms with Gasteiger partial charge in [-0.25, -0.2) is 0 Å². The molecule has 17 heavy (non-hydrogen) atoms. The second-order valence-corrected chi connectivity index (χ2v) is 5.20. The monoisotopic (exact) mass is 304 g/mol. The number of benzene rings is 2. The molecule has 0 saturated carbocycles. The summed E-state index contributed by atoms with van der Waals surface area (Å²) in [5.74, 6) is 0. The predicted octanol–water partition coefficient (Wildman–Crippen LogP) is 6.20. The van der Waals surface area contributed by atoms with Crippen LogP contribution in [0.15, 0.2) is 28.7 Å². The van der Waals surface area contributed by atoms with Gasteiger partial charge in [0, 0.05) is 27.9 Å². The number of hydrogen-bond acceptors (Lipinski definition) is 1. The lowest BCUT2D eigenvalue weighted by Crippen LogP contribution is -1.74. The minimum absolute atomic E-state index is 0.332. The molecule has 0 spiro atoms. The SMILES string of the molecule is Clc1ccc2c(c1)oc1cc(Cl)c(Cl)c(Cl)c12. The van der Waals surface area contributed by atoms with Crippen LogP contribution in [0.1, 0.15) is 0 Å². The van der Waals surface area contributed by atoms with Crippen molar-refractivity contribution in [1.29, 1.82) is 0 Å². The van der Waals surface area contributed by atoms with Crippen LogP contribution < -0.4 is 0 Å². The van der Waals surface area contributed by atoms with E-state index in [2.05, 4.69) is 0 Å². The Morgan fingerprint density at radius 3 is 2.35 bits per heavy atom. The molecule has 2 aromatic carbocycles. The zero-order valence-corrected chi connectivity index (χ0v) is 11.3. The molecule has 5 heteroatoms. The first kappa shape index (κ1) is 11.5. The van der Waals surface area contributed by atoms with Gasteiger partial charge in [-0.3, -0.25) is 0 Å². The molecule has 86 valence electrons. The molecule has 0 N–H and O–H groups in total. The van der Waals surface area contributed by atoms with Crippen molar-refractivity contribution < 1.29 is 4.42 Å². The van der Waals surface area contributed by atoms with E-state index in [1.165, 1.54) is 0 Å². The number of halogens is 4. The second kappa shape index (κ2) is 3.96. The highest BCUT2D eigenvalue weighted by Crippen LogP contribution is 2.42. The maximum Gasteiger partial charge on any atom is 0.138 e. The van der Waals surface area contributed by atoms with Crippen LogP contribution in [0.2, 0.25) is 20.1 Å². The molecular formula is C12H4Cl4O. The number of fused-ring (bicyclic) bond motifs is 3. The van der Waals surface area contributed by atoms with Crippen LogP contribution in [0.4, 0.5) is 0 Å². The Balaban J connectivity index is 2.57. The predicted molar refractivity (Wildman–Crippen MR) is 73.8 cm³/mol. The fourth-order valence-corrected chi connectivity index (χ4v) is 2.66. The van der Waals surface area contributed by atoms with Gasteiger partial charge < -0.3 is 4.42 Å². The van der Waals surface area contributed by atoms with Gasteiger partial charge in [0.25, 0.3) is 0 Å². The number of furan rings is 1. The van der Waals surface area contributed by atoms with Crippen LogP contribution in [-0.4, -0.2) is 0 Å².